The second-order valence-electron chi connectivity index (χ2n) is 3.73. The van der Waals surface area contributed by atoms with Crippen molar-refractivity contribution in [2.75, 3.05) is 13.7 Å². The van der Waals surface area contributed by atoms with Crippen LogP contribution in [0.5, 0.6) is 0 Å². The highest BCUT2D eigenvalue weighted by molar-refractivity contribution is 5.69. The Morgan fingerprint density at radius 2 is 1.89 bits per heavy atom. The van der Waals surface area contributed by atoms with Gasteiger partial charge in [-0.1, -0.05) is 0 Å². The number of hydrogen-bond donors (Lipinski definition) is 1. The van der Waals surface area contributed by atoms with Gasteiger partial charge in [-0.05, 0) is 30.7 Å². The maximum Gasteiger partial charge on any atom is 0.305 e. The van der Waals surface area contributed by atoms with Crippen molar-refractivity contribution >= 4 is 5.97 Å². The van der Waals surface area contributed by atoms with E-state index in [0.717, 1.165) is 12.1 Å². The van der Waals surface area contributed by atoms with Crippen molar-refractivity contribution in [3.63, 3.8) is 0 Å². The number of rotatable bonds is 6. The molecule has 0 aromatic heterocycles. The minimum absolute atomic E-state index is 0.204. The number of ether oxygens (including phenoxy) is 1. The van der Waals surface area contributed by atoms with Crippen molar-refractivity contribution < 1.29 is 22.7 Å². The lowest BCUT2D eigenvalue weighted by molar-refractivity contribution is -0.140. The first-order valence-corrected chi connectivity index (χ1v) is 5.45. The summed E-state index contributed by atoms with van der Waals surface area (Å²) in [7, 11) is 1.31. The van der Waals surface area contributed by atoms with Crippen LogP contribution in [-0.4, -0.2) is 19.6 Å². The van der Waals surface area contributed by atoms with Crippen LogP contribution >= 0.6 is 0 Å². The van der Waals surface area contributed by atoms with Crippen molar-refractivity contribution in [3.8, 4) is 0 Å². The lowest BCUT2D eigenvalue weighted by Crippen LogP contribution is -2.16. The van der Waals surface area contributed by atoms with Crippen molar-refractivity contribution in [1.29, 1.82) is 0 Å². The van der Waals surface area contributed by atoms with Crippen molar-refractivity contribution in [2.24, 2.45) is 0 Å². The molecule has 100 valence electrons. The Labute approximate surface area is 103 Å². The third-order valence-electron chi connectivity index (χ3n) is 2.33. The lowest BCUT2D eigenvalue weighted by atomic mass is 10.2. The van der Waals surface area contributed by atoms with E-state index in [1.165, 1.54) is 7.11 Å². The van der Waals surface area contributed by atoms with Gasteiger partial charge in [0.05, 0.1) is 7.11 Å². The molecule has 0 fully saturated rings. The highest BCUT2D eigenvalue weighted by atomic mass is 19.2. The zero-order valence-electron chi connectivity index (χ0n) is 9.93. The minimum Gasteiger partial charge on any atom is -0.469 e. The Balaban J connectivity index is 2.34. The van der Waals surface area contributed by atoms with Crippen LogP contribution in [0.3, 0.4) is 0 Å². The first-order valence-electron chi connectivity index (χ1n) is 5.45. The Hall–Kier alpha value is -1.56. The molecule has 0 aliphatic rings. The molecule has 0 saturated carbocycles. The van der Waals surface area contributed by atoms with Gasteiger partial charge in [0.15, 0.2) is 17.5 Å². The van der Waals surface area contributed by atoms with Gasteiger partial charge in [-0.15, -0.1) is 0 Å². The summed E-state index contributed by atoms with van der Waals surface area (Å²) in [6.45, 7) is 0.699. The highest BCUT2D eigenvalue weighted by Gasteiger charge is 2.10. The van der Waals surface area contributed by atoms with Crippen molar-refractivity contribution in [3.05, 3.63) is 35.1 Å². The summed E-state index contributed by atoms with van der Waals surface area (Å²) in [5.41, 5.74) is 0.310. The average molecular weight is 261 g/mol. The second kappa shape index (κ2) is 7.00. The third-order valence-corrected chi connectivity index (χ3v) is 2.33. The predicted molar refractivity (Wildman–Crippen MR) is 59.3 cm³/mol. The molecule has 0 atom stereocenters. The number of benzene rings is 1. The topological polar surface area (TPSA) is 38.3 Å². The maximum atomic E-state index is 12.9. The number of carbonyl (C=O) groups excluding carboxylic acids is 1. The quantitative estimate of drug-likeness (QED) is 0.484. The smallest absolute Gasteiger partial charge is 0.305 e. The summed E-state index contributed by atoms with van der Waals surface area (Å²) in [5.74, 6) is -4.19. The molecule has 0 bridgehead atoms. The first kappa shape index (κ1) is 14.5. The number of hydrogen-bond acceptors (Lipinski definition) is 3. The molecule has 0 amide bonds. The fourth-order valence-corrected chi connectivity index (χ4v) is 1.40. The van der Waals surface area contributed by atoms with Crippen LogP contribution in [0.2, 0.25) is 0 Å². The van der Waals surface area contributed by atoms with Gasteiger partial charge in [0.25, 0.3) is 0 Å². The van der Waals surface area contributed by atoms with E-state index in [4.69, 9.17) is 0 Å². The van der Waals surface area contributed by atoms with Gasteiger partial charge in [0.1, 0.15) is 0 Å². The summed E-state index contributed by atoms with van der Waals surface area (Å²) in [6.07, 6.45) is 0.828. The van der Waals surface area contributed by atoms with Crippen molar-refractivity contribution in [2.45, 2.75) is 19.4 Å². The molecule has 18 heavy (non-hydrogen) atoms. The molecule has 3 nitrogen and oxygen atoms in total. The Bertz CT molecular complexity index is 401. The molecule has 1 N–H and O–H groups in total. The van der Waals surface area contributed by atoms with Crippen LogP contribution < -0.4 is 5.32 Å². The van der Waals surface area contributed by atoms with Crippen LogP contribution in [0.4, 0.5) is 13.2 Å². The van der Waals surface area contributed by atoms with Crippen molar-refractivity contribution in [1.82, 2.24) is 5.32 Å². The average Bonchev–Trinajstić information content (AvgIpc) is 2.35. The van der Waals surface area contributed by atoms with E-state index in [-0.39, 0.29) is 18.9 Å². The fraction of sp³-hybridized carbons (Fsp3) is 0.417. The first-order chi connectivity index (χ1) is 8.54. The molecule has 0 aliphatic carbocycles. The highest BCUT2D eigenvalue weighted by Crippen LogP contribution is 2.13. The van der Waals surface area contributed by atoms with Gasteiger partial charge in [0, 0.05) is 13.0 Å². The molecule has 0 unspecified atom stereocenters. The summed E-state index contributed by atoms with van der Waals surface area (Å²) in [6, 6.07) is 1.87. The molecule has 1 aromatic carbocycles. The number of methoxy groups -OCH3 is 1. The standard InChI is InChI=1S/C12H14F3NO2/c1-18-11(17)3-2-4-16-7-8-5-9(13)12(15)10(14)6-8/h5-6,16H,2-4,7H2,1H3. The van der Waals surface area contributed by atoms with Gasteiger partial charge >= 0.3 is 5.97 Å². The fourth-order valence-electron chi connectivity index (χ4n) is 1.40. The normalized spacial score (nSPS) is 10.4. The van der Waals surface area contributed by atoms with Crippen LogP contribution in [0.15, 0.2) is 12.1 Å². The zero-order chi connectivity index (χ0) is 13.5. The van der Waals surface area contributed by atoms with Gasteiger partial charge in [-0.25, -0.2) is 13.2 Å². The summed E-state index contributed by atoms with van der Waals surface area (Å²) in [4.78, 5) is 10.8. The van der Waals surface area contributed by atoms with Crippen LogP contribution in [-0.2, 0) is 16.1 Å². The summed E-state index contributed by atoms with van der Waals surface area (Å²) >= 11 is 0. The van der Waals surface area contributed by atoms with E-state index >= 15 is 0 Å². The molecular weight excluding hydrogens is 247 g/mol. The van der Waals surface area contributed by atoms with E-state index in [9.17, 15) is 18.0 Å². The van der Waals surface area contributed by atoms with Crippen LogP contribution in [0.1, 0.15) is 18.4 Å². The van der Waals surface area contributed by atoms with Gasteiger partial charge in [-0.2, -0.15) is 0 Å². The maximum absolute atomic E-state index is 12.9. The molecule has 6 heteroatoms. The van der Waals surface area contributed by atoms with E-state index in [0.29, 0.717) is 18.5 Å². The van der Waals surface area contributed by atoms with Gasteiger partial charge in [-0.3, -0.25) is 4.79 Å². The molecule has 0 aliphatic heterocycles. The molecule has 0 heterocycles. The molecule has 1 aromatic rings. The van der Waals surface area contributed by atoms with E-state index in [1.54, 1.807) is 0 Å². The predicted octanol–water partition coefficient (Wildman–Crippen LogP) is 2.15. The van der Waals surface area contributed by atoms with Gasteiger partial charge < -0.3 is 10.1 Å². The molecular formula is C12H14F3NO2. The lowest BCUT2D eigenvalue weighted by Gasteiger charge is -2.05. The molecule has 0 radical (unpaired) electrons. The second-order valence-corrected chi connectivity index (χ2v) is 3.73. The van der Waals surface area contributed by atoms with E-state index < -0.39 is 17.5 Å². The largest absolute Gasteiger partial charge is 0.469 e. The van der Waals surface area contributed by atoms with Crippen LogP contribution in [0, 0.1) is 17.5 Å². The summed E-state index contributed by atoms with van der Waals surface area (Å²) in [5, 5.41) is 2.89. The molecule has 1 rings (SSSR count). The van der Waals surface area contributed by atoms with E-state index in [1.807, 2.05) is 0 Å². The monoisotopic (exact) mass is 261 g/mol. The summed E-state index contributed by atoms with van der Waals surface area (Å²) < 4.78 is 42.8. The zero-order valence-corrected chi connectivity index (χ0v) is 9.93. The number of esters is 1. The number of halogens is 3. The Morgan fingerprint density at radius 3 is 2.44 bits per heavy atom. The Morgan fingerprint density at radius 1 is 1.28 bits per heavy atom. The SMILES string of the molecule is COC(=O)CCCNCc1cc(F)c(F)c(F)c1. The third kappa shape index (κ3) is 4.37. The molecule has 0 spiro atoms. The van der Waals surface area contributed by atoms with E-state index in [2.05, 4.69) is 10.1 Å². The van der Waals surface area contributed by atoms with Crippen LogP contribution in [0.25, 0.3) is 0 Å². The Kier molecular flexibility index (Phi) is 5.64. The minimum atomic E-state index is -1.47. The van der Waals surface area contributed by atoms with Gasteiger partial charge in [0.2, 0.25) is 0 Å². The molecule has 0 saturated heterocycles. The number of nitrogens with one attached hydrogen (secondary N) is 1. The number of carbonyl (C=O) groups is 1.